The molecule has 1 aromatic carbocycles. The molecule has 2 rings (SSSR count). The van der Waals surface area contributed by atoms with Gasteiger partial charge in [0.1, 0.15) is 6.04 Å². The van der Waals surface area contributed by atoms with Crippen LogP contribution in [0.3, 0.4) is 0 Å². The smallest absolute Gasteiger partial charge is 0.327 e. The molecule has 0 bridgehead atoms. The van der Waals surface area contributed by atoms with Gasteiger partial charge in [-0.3, -0.25) is 0 Å². The van der Waals surface area contributed by atoms with E-state index in [0.717, 1.165) is 29.7 Å². The molecule has 114 valence electrons. The fourth-order valence-corrected chi connectivity index (χ4v) is 3.57. The van der Waals surface area contributed by atoms with Gasteiger partial charge in [0.25, 0.3) is 0 Å². The molecule has 5 nitrogen and oxygen atoms in total. The number of aryl methyl sites for hydroxylation is 2. The fourth-order valence-electron chi connectivity index (χ4n) is 2.43. The molecule has 1 fully saturated rings. The Balaban J connectivity index is 2.21. The van der Waals surface area contributed by atoms with Gasteiger partial charge in [-0.25, -0.2) is 9.59 Å². The van der Waals surface area contributed by atoms with Crippen LogP contribution in [0.4, 0.5) is 10.5 Å². The van der Waals surface area contributed by atoms with Crippen molar-refractivity contribution in [2.24, 2.45) is 0 Å². The van der Waals surface area contributed by atoms with Gasteiger partial charge < -0.3 is 15.3 Å². The quantitative estimate of drug-likeness (QED) is 0.897. The van der Waals surface area contributed by atoms with E-state index in [1.54, 1.807) is 0 Å². The molecule has 1 aromatic rings. The molecule has 1 aliphatic heterocycles. The molecule has 6 heteroatoms. The Hall–Kier alpha value is -1.69. The summed E-state index contributed by atoms with van der Waals surface area (Å²) in [4.78, 5) is 25.0. The molecule has 0 aromatic heterocycles. The highest BCUT2D eigenvalue weighted by Gasteiger charge is 2.34. The van der Waals surface area contributed by atoms with E-state index in [2.05, 4.69) is 5.32 Å². The van der Waals surface area contributed by atoms with Crippen molar-refractivity contribution in [2.45, 2.75) is 32.7 Å². The van der Waals surface area contributed by atoms with Gasteiger partial charge in [-0.15, -0.1) is 11.8 Å². The van der Waals surface area contributed by atoms with E-state index in [-0.39, 0.29) is 6.03 Å². The van der Waals surface area contributed by atoms with Crippen LogP contribution in [0, 0.1) is 0 Å². The van der Waals surface area contributed by atoms with Crippen molar-refractivity contribution in [3.05, 3.63) is 29.3 Å². The third kappa shape index (κ3) is 3.32. The normalized spacial score (nSPS) is 17.8. The highest BCUT2D eigenvalue weighted by Crippen LogP contribution is 2.26. The van der Waals surface area contributed by atoms with Crippen molar-refractivity contribution in [3.63, 3.8) is 0 Å². The summed E-state index contributed by atoms with van der Waals surface area (Å²) in [5.74, 6) is -0.0909. The van der Waals surface area contributed by atoms with Crippen LogP contribution >= 0.6 is 11.8 Å². The van der Waals surface area contributed by atoms with Crippen molar-refractivity contribution in [1.29, 1.82) is 0 Å². The monoisotopic (exact) mass is 308 g/mol. The lowest BCUT2D eigenvalue weighted by Gasteiger charge is -2.23. The number of amides is 2. The molecule has 2 N–H and O–H groups in total. The summed E-state index contributed by atoms with van der Waals surface area (Å²) in [5, 5.41) is 12.1. The number of hydrogen-bond acceptors (Lipinski definition) is 3. The molecule has 0 aliphatic carbocycles. The van der Waals surface area contributed by atoms with Crippen LogP contribution < -0.4 is 5.32 Å². The average Bonchev–Trinajstić information content (AvgIpc) is 2.97. The van der Waals surface area contributed by atoms with Crippen LogP contribution in [0.15, 0.2) is 18.2 Å². The van der Waals surface area contributed by atoms with Gasteiger partial charge in [-0.1, -0.05) is 32.0 Å². The van der Waals surface area contributed by atoms with E-state index in [1.165, 1.54) is 16.7 Å². The molecular formula is C15H20N2O3S. The first-order valence-electron chi connectivity index (χ1n) is 7.07. The van der Waals surface area contributed by atoms with Gasteiger partial charge in [0, 0.05) is 11.4 Å². The highest BCUT2D eigenvalue weighted by molar-refractivity contribution is 7.99. The topological polar surface area (TPSA) is 69.6 Å². The van der Waals surface area contributed by atoms with Crippen LogP contribution in [0.25, 0.3) is 0 Å². The van der Waals surface area contributed by atoms with Crippen molar-refractivity contribution < 1.29 is 14.7 Å². The summed E-state index contributed by atoms with van der Waals surface area (Å²) in [6.07, 6.45) is 1.64. The van der Waals surface area contributed by atoms with E-state index in [0.29, 0.717) is 11.6 Å². The van der Waals surface area contributed by atoms with Gasteiger partial charge in [0.05, 0.1) is 5.88 Å². The molecule has 21 heavy (non-hydrogen) atoms. The van der Waals surface area contributed by atoms with E-state index in [1.807, 2.05) is 32.0 Å². The number of nitrogens with zero attached hydrogens (tertiary/aromatic N) is 1. The minimum Gasteiger partial charge on any atom is -0.480 e. The zero-order chi connectivity index (χ0) is 15.4. The Morgan fingerprint density at radius 1 is 1.33 bits per heavy atom. The number of hydrogen-bond donors (Lipinski definition) is 2. The second kappa shape index (κ2) is 6.85. The average molecular weight is 308 g/mol. The van der Waals surface area contributed by atoms with Gasteiger partial charge in [0.15, 0.2) is 0 Å². The maximum Gasteiger partial charge on any atom is 0.327 e. The standard InChI is InChI=1S/C15H20N2O3S/c1-3-10-6-5-7-11(4-2)13(10)16-15(20)17-9-21-8-12(17)14(18)19/h5-7,12H,3-4,8-9H2,1-2H3,(H,16,20)(H,18,19)/t12-/m0/s1. The molecule has 2 amide bonds. The van der Waals surface area contributed by atoms with Gasteiger partial charge in [-0.05, 0) is 24.0 Å². The Bertz CT molecular complexity index is 525. The molecule has 1 atom stereocenters. The number of carboxylic acid groups (broad SMARTS) is 1. The lowest BCUT2D eigenvalue weighted by atomic mass is 10.0. The molecule has 1 heterocycles. The first-order chi connectivity index (χ1) is 10.1. The maximum atomic E-state index is 12.4. The zero-order valence-electron chi connectivity index (χ0n) is 12.3. The lowest BCUT2D eigenvalue weighted by Crippen LogP contribution is -2.44. The molecule has 1 saturated heterocycles. The van der Waals surface area contributed by atoms with E-state index < -0.39 is 12.0 Å². The molecular weight excluding hydrogens is 288 g/mol. The number of para-hydroxylation sites is 1. The van der Waals surface area contributed by atoms with Crippen molar-refractivity contribution in [2.75, 3.05) is 16.9 Å². The Morgan fingerprint density at radius 2 is 1.95 bits per heavy atom. The van der Waals surface area contributed by atoms with Gasteiger partial charge >= 0.3 is 12.0 Å². The van der Waals surface area contributed by atoms with Crippen molar-refractivity contribution in [1.82, 2.24) is 4.90 Å². The summed E-state index contributed by atoms with van der Waals surface area (Å²) in [7, 11) is 0. The number of aliphatic carboxylic acids is 1. The third-order valence-electron chi connectivity index (χ3n) is 3.66. The third-order valence-corrected chi connectivity index (χ3v) is 4.67. The Morgan fingerprint density at radius 3 is 2.48 bits per heavy atom. The number of anilines is 1. The number of thioether (sulfide) groups is 1. The number of rotatable bonds is 4. The van der Waals surface area contributed by atoms with Crippen LogP contribution in [0.5, 0.6) is 0 Å². The van der Waals surface area contributed by atoms with Crippen LogP contribution in [-0.4, -0.2) is 39.7 Å². The molecule has 0 radical (unpaired) electrons. The van der Waals surface area contributed by atoms with Crippen LogP contribution in [0.2, 0.25) is 0 Å². The summed E-state index contributed by atoms with van der Waals surface area (Å²) >= 11 is 1.46. The number of benzene rings is 1. The highest BCUT2D eigenvalue weighted by atomic mass is 32.2. The minimum absolute atomic E-state index is 0.331. The molecule has 1 aliphatic rings. The Labute approximate surface area is 128 Å². The van der Waals surface area contributed by atoms with Crippen LogP contribution in [0.1, 0.15) is 25.0 Å². The largest absolute Gasteiger partial charge is 0.480 e. The Kier molecular flexibility index (Phi) is 5.12. The fraction of sp³-hybridized carbons (Fsp3) is 0.467. The first kappa shape index (κ1) is 15.7. The first-order valence-corrected chi connectivity index (χ1v) is 8.22. The maximum absolute atomic E-state index is 12.4. The molecule has 0 saturated carbocycles. The SMILES string of the molecule is CCc1cccc(CC)c1NC(=O)N1CSC[C@H]1C(=O)O. The summed E-state index contributed by atoms with van der Waals surface area (Å²) in [6, 6.07) is 4.89. The summed E-state index contributed by atoms with van der Waals surface area (Å²) in [5.41, 5.74) is 2.97. The van der Waals surface area contributed by atoms with E-state index in [9.17, 15) is 9.59 Å². The summed E-state index contributed by atoms with van der Waals surface area (Å²) in [6.45, 7) is 4.08. The van der Waals surface area contributed by atoms with Crippen molar-refractivity contribution >= 4 is 29.4 Å². The predicted octanol–water partition coefficient (Wildman–Crippen LogP) is 2.80. The summed E-state index contributed by atoms with van der Waals surface area (Å²) < 4.78 is 0. The number of carbonyl (C=O) groups is 2. The second-order valence-corrected chi connectivity index (χ2v) is 5.91. The zero-order valence-corrected chi connectivity index (χ0v) is 13.1. The van der Waals surface area contributed by atoms with Crippen molar-refractivity contribution in [3.8, 4) is 0 Å². The minimum atomic E-state index is -0.949. The molecule has 0 unspecified atom stereocenters. The number of nitrogens with one attached hydrogen (secondary N) is 1. The number of urea groups is 1. The van der Waals surface area contributed by atoms with Gasteiger partial charge in [0.2, 0.25) is 0 Å². The number of carboxylic acids is 1. The number of carbonyl (C=O) groups excluding carboxylic acids is 1. The van der Waals surface area contributed by atoms with Gasteiger partial charge in [-0.2, -0.15) is 0 Å². The predicted molar refractivity (Wildman–Crippen MR) is 84.8 cm³/mol. The second-order valence-electron chi connectivity index (χ2n) is 4.91. The van der Waals surface area contributed by atoms with E-state index >= 15 is 0 Å². The van der Waals surface area contributed by atoms with Crippen LogP contribution in [-0.2, 0) is 17.6 Å². The van der Waals surface area contributed by atoms with E-state index in [4.69, 9.17) is 5.11 Å². The molecule has 0 spiro atoms. The lowest BCUT2D eigenvalue weighted by molar-refractivity contribution is -0.140.